The number of esters is 1. The molecule has 0 atom stereocenters. The molecule has 0 rings (SSSR count). The summed E-state index contributed by atoms with van der Waals surface area (Å²) in [5.41, 5.74) is 0. The Morgan fingerprint density at radius 1 is 0.857 bits per heavy atom. The molecular weight excluding hydrogens is 375 g/mol. The van der Waals surface area contributed by atoms with E-state index in [1.807, 2.05) is 6.92 Å². The van der Waals surface area contributed by atoms with Crippen LogP contribution < -0.4 is 0 Å². The van der Waals surface area contributed by atoms with Gasteiger partial charge in [0.05, 0.1) is 0 Å². The summed E-state index contributed by atoms with van der Waals surface area (Å²) in [4.78, 5) is 23.1. The molecule has 121 valence electrons. The first-order valence-corrected chi connectivity index (χ1v) is 13.2. The standard InChI is InChI=1S/C8H12O4.2C4H9.Sn/c1-2-3-6-12-8(11)5-4-7(9)10;2*1-3-4-2;/h4-5H,2-3,6H2,1H3,(H,9,10);2*1,3-4H2,2H3;/q;;;+1/p-1/b5-4-;;;. The third kappa shape index (κ3) is 12.9. The fourth-order valence-electron chi connectivity index (χ4n) is 1.65. The van der Waals surface area contributed by atoms with Crippen molar-refractivity contribution in [3.63, 3.8) is 0 Å². The van der Waals surface area contributed by atoms with E-state index in [0.29, 0.717) is 6.61 Å². The van der Waals surface area contributed by atoms with Crippen molar-refractivity contribution in [3.05, 3.63) is 12.2 Å². The second-order valence-corrected chi connectivity index (χ2v) is 11.5. The normalized spacial score (nSPS) is 11.0. The van der Waals surface area contributed by atoms with E-state index in [0.717, 1.165) is 47.4 Å². The van der Waals surface area contributed by atoms with Gasteiger partial charge in [0, 0.05) is 0 Å². The molecule has 0 saturated carbocycles. The monoisotopic (exact) mass is 405 g/mol. The summed E-state index contributed by atoms with van der Waals surface area (Å²) in [5.74, 6) is -0.836. The molecule has 0 bridgehead atoms. The molecule has 0 aromatic heterocycles. The zero-order valence-corrected chi connectivity index (χ0v) is 16.5. The van der Waals surface area contributed by atoms with Crippen molar-refractivity contribution < 1.29 is 17.4 Å². The second-order valence-electron chi connectivity index (χ2n) is 5.02. The van der Waals surface area contributed by atoms with Crippen LogP contribution in [0.2, 0.25) is 8.87 Å². The van der Waals surface area contributed by atoms with Crippen molar-refractivity contribution in [2.24, 2.45) is 0 Å². The van der Waals surface area contributed by atoms with Crippen LogP contribution in [0, 0.1) is 0 Å². The van der Waals surface area contributed by atoms with Crippen molar-refractivity contribution in [1.29, 1.82) is 0 Å². The van der Waals surface area contributed by atoms with Crippen LogP contribution in [-0.2, 0) is 17.4 Å². The molecule has 4 nitrogen and oxygen atoms in total. The molecule has 0 unspecified atom stereocenters. The number of hydrogen-bond acceptors (Lipinski definition) is 4. The van der Waals surface area contributed by atoms with Gasteiger partial charge in [0.15, 0.2) is 0 Å². The average Bonchev–Trinajstić information content (AvgIpc) is 2.48. The summed E-state index contributed by atoms with van der Waals surface area (Å²) in [5, 5.41) is 0. The third-order valence-corrected chi connectivity index (χ3v) is 9.56. The summed E-state index contributed by atoms with van der Waals surface area (Å²) >= 11 is -2.06. The molecule has 0 heterocycles. The van der Waals surface area contributed by atoms with Gasteiger partial charge in [-0.15, -0.1) is 0 Å². The Morgan fingerprint density at radius 2 is 1.38 bits per heavy atom. The molecule has 0 aliphatic carbocycles. The van der Waals surface area contributed by atoms with E-state index in [9.17, 15) is 9.59 Å². The number of unbranched alkanes of at least 4 members (excludes halogenated alkanes) is 3. The van der Waals surface area contributed by atoms with Gasteiger partial charge in [0.25, 0.3) is 0 Å². The van der Waals surface area contributed by atoms with E-state index >= 15 is 0 Å². The van der Waals surface area contributed by atoms with Crippen molar-refractivity contribution in [2.45, 2.75) is 68.2 Å². The van der Waals surface area contributed by atoms with Crippen LogP contribution in [0.4, 0.5) is 0 Å². The molecule has 21 heavy (non-hydrogen) atoms. The van der Waals surface area contributed by atoms with Crippen molar-refractivity contribution >= 4 is 32.1 Å². The van der Waals surface area contributed by atoms with Gasteiger partial charge in [0.1, 0.15) is 0 Å². The van der Waals surface area contributed by atoms with Gasteiger partial charge >= 0.3 is 136 Å². The van der Waals surface area contributed by atoms with Gasteiger partial charge in [-0.05, 0) is 0 Å². The molecule has 0 aliphatic rings. The van der Waals surface area contributed by atoms with Crippen LogP contribution >= 0.6 is 0 Å². The zero-order chi connectivity index (χ0) is 15.9. The summed E-state index contributed by atoms with van der Waals surface area (Å²) in [7, 11) is 0. The van der Waals surface area contributed by atoms with Gasteiger partial charge in [-0.1, -0.05) is 0 Å². The molecule has 0 N–H and O–H groups in total. The van der Waals surface area contributed by atoms with Gasteiger partial charge in [-0.25, -0.2) is 0 Å². The Hall–Kier alpha value is -0.521. The summed E-state index contributed by atoms with van der Waals surface area (Å²) < 4.78 is 12.7. The summed E-state index contributed by atoms with van der Waals surface area (Å²) in [6, 6.07) is 0. The Bertz CT molecular complexity index is 307. The molecular formula is C16H29O4Sn. The second kappa shape index (κ2) is 14.4. The Kier molecular flexibility index (Phi) is 14.1. The van der Waals surface area contributed by atoms with E-state index < -0.39 is 26.1 Å². The molecule has 0 fully saturated rings. The Labute approximate surface area is 136 Å². The van der Waals surface area contributed by atoms with Gasteiger partial charge in [0.2, 0.25) is 0 Å². The van der Waals surface area contributed by atoms with E-state index in [4.69, 9.17) is 7.81 Å². The van der Waals surface area contributed by atoms with E-state index in [1.54, 1.807) is 0 Å². The maximum atomic E-state index is 11.7. The molecule has 0 spiro atoms. The summed E-state index contributed by atoms with van der Waals surface area (Å²) in [6.07, 6.45) is 8.74. The first-order chi connectivity index (χ1) is 10.1. The topological polar surface area (TPSA) is 52.6 Å². The van der Waals surface area contributed by atoms with E-state index in [1.165, 1.54) is 12.2 Å². The fraction of sp³-hybridized carbons (Fsp3) is 0.750. The van der Waals surface area contributed by atoms with Crippen molar-refractivity contribution in [2.75, 3.05) is 6.61 Å². The first-order valence-electron chi connectivity index (χ1n) is 8.05. The van der Waals surface area contributed by atoms with Crippen LogP contribution in [0.1, 0.15) is 59.3 Å². The molecule has 0 aromatic carbocycles. The molecule has 5 heteroatoms. The van der Waals surface area contributed by atoms with Crippen LogP contribution in [0.3, 0.4) is 0 Å². The van der Waals surface area contributed by atoms with E-state index in [2.05, 4.69) is 13.8 Å². The Balaban J connectivity index is 4.12. The molecule has 0 amide bonds. The number of ether oxygens (including phenoxy) is 1. The fourth-order valence-corrected chi connectivity index (χ4v) is 8.22. The predicted octanol–water partition coefficient (Wildman–Crippen LogP) is 4.02. The van der Waals surface area contributed by atoms with Crippen LogP contribution in [0.5, 0.6) is 0 Å². The summed E-state index contributed by atoms with van der Waals surface area (Å²) in [6.45, 7) is 6.73. The minimum atomic E-state index is -2.06. The van der Waals surface area contributed by atoms with Crippen molar-refractivity contribution in [1.82, 2.24) is 0 Å². The minimum absolute atomic E-state index is 0.371. The van der Waals surface area contributed by atoms with Crippen LogP contribution in [0.15, 0.2) is 12.2 Å². The van der Waals surface area contributed by atoms with E-state index in [-0.39, 0.29) is 5.97 Å². The number of rotatable bonds is 12. The quantitative estimate of drug-likeness (QED) is 0.214. The molecule has 0 aliphatic heterocycles. The SMILES string of the molecule is CCCCOC(=O)/C=C\C(=O)[O][Sn]([CH2]CCC)[CH2]CCC. The van der Waals surface area contributed by atoms with Gasteiger partial charge in [-0.2, -0.15) is 0 Å². The predicted molar refractivity (Wildman–Crippen MR) is 86.3 cm³/mol. The molecule has 0 aromatic rings. The third-order valence-electron chi connectivity index (χ3n) is 2.96. The average molecular weight is 404 g/mol. The number of carbonyl (C=O) groups is 2. The van der Waals surface area contributed by atoms with Gasteiger partial charge in [-0.3, -0.25) is 0 Å². The first kappa shape index (κ1) is 20.5. The Morgan fingerprint density at radius 3 is 1.90 bits per heavy atom. The van der Waals surface area contributed by atoms with Crippen LogP contribution in [-0.4, -0.2) is 38.7 Å². The zero-order valence-electron chi connectivity index (χ0n) is 13.7. The van der Waals surface area contributed by atoms with Gasteiger partial charge < -0.3 is 0 Å². The maximum absolute atomic E-state index is 11.7. The number of hydrogen-bond donors (Lipinski definition) is 0. The molecule has 1 radical (unpaired) electrons. The number of carbonyl (C=O) groups excluding carboxylic acids is 2. The van der Waals surface area contributed by atoms with Crippen LogP contribution in [0.25, 0.3) is 0 Å². The van der Waals surface area contributed by atoms with Crippen molar-refractivity contribution in [3.8, 4) is 0 Å². The molecule has 0 saturated heterocycles.